The molecule has 0 amide bonds. The molecule has 0 saturated carbocycles. The Morgan fingerprint density at radius 3 is 2.57 bits per heavy atom. The molecule has 0 bridgehead atoms. The molecule has 2 aromatic heterocycles. The quantitative estimate of drug-likeness (QED) is 0.687. The maximum absolute atomic E-state index is 12.5. The summed E-state index contributed by atoms with van der Waals surface area (Å²) in [5, 5.41) is 4.98. The van der Waals surface area contributed by atoms with E-state index in [2.05, 4.69) is 49.9 Å². The number of nitrogens with zero attached hydrogens (tertiary/aromatic N) is 3. The molecule has 0 N–H and O–H groups in total. The van der Waals surface area contributed by atoms with Gasteiger partial charge in [-0.05, 0) is 44.4 Å². The van der Waals surface area contributed by atoms with Gasteiger partial charge in [-0.3, -0.25) is 4.79 Å². The highest BCUT2D eigenvalue weighted by atomic mass is 32.1. The van der Waals surface area contributed by atoms with E-state index >= 15 is 0 Å². The molecule has 0 unspecified atom stereocenters. The van der Waals surface area contributed by atoms with Crippen LogP contribution in [0.15, 0.2) is 34.4 Å². The third-order valence-electron chi connectivity index (χ3n) is 3.88. The van der Waals surface area contributed by atoms with Gasteiger partial charge in [0.15, 0.2) is 0 Å². The van der Waals surface area contributed by atoms with Crippen molar-refractivity contribution in [1.29, 1.82) is 0 Å². The molecule has 0 atom stereocenters. The SMILES string of the molecule is CCc1cc2c(=O)n(/N=C\c3c(C)cc(C)cc3C)cnc2s1. The normalized spacial score (nSPS) is 11.7. The van der Waals surface area contributed by atoms with E-state index in [1.165, 1.54) is 16.6 Å². The van der Waals surface area contributed by atoms with Gasteiger partial charge in [-0.2, -0.15) is 9.78 Å². The van der Waals surface area contributed by atoms with E-state index in [4.69, 9.17) is 0 Å². The number of fused-ring (bicyclic) bond motifs is 1. The minimum Gasteiger partial charge on any atom is -0.267 e. The maximum Gasteiger partial charge on any atom is 0.282 e. The first-order valence-corrected chi connectivity index (χ1v) is 8.43. The minimum absolute atomic E-state index is 0.121. The first-order valence-electron chi connectivity index (χ1n) is 7.62. The van der Waals surface area contributed by atoms with Crippen molar-refractivity contribution < 1.29 is 0 Å². The van der Waals surface area contributed by atoms with Crippen LogP contribution < -0.4 is 5.56 Å². The van der Waals surface area contributed by atoms with Crippen molar-refractivity contribution in [1.82, 2.24) is 9.66 Å². The third kappa shape index (κ3) is 2.97. The number of aromatic nitrogens is 2. The summed E-state index contributed by atoms with van der Waals surface area (Å²) in [6.45, 7) is 8.26. The van der Waals surface area contributed by atoms with E-state index in [0.717, 1.165) is 32.8 Å². The van der Waals surface area contributed by atoms with Crippen molar-refractivity contribution in [2.24, 2.45) is 5.10 Å². The van der Waals surface area contributed by atoms with Gasteiger partial charge in [-0.1, -0.05) is 24.6 Å². The molecule has 0 fully saturated rings. The van der Waals surface area contributed by atoms with Gasteiger partial charge in [0.05, 0.1) is 11.6 Å². The number of hydrogen-bond acceptors (Lipinski definition) is 4. The molecule has 1 aromatic carbocycles. The third-order valence-corrected chi connectivity index (χ3v) is 5.07. The highest BCUT2D eigenvalue weighted by Crippen LogP contribution is 2.21. The Morgan fingerprint density at radius 2 is 1.91 bits per heavy atom. The molecule has 118 valence electrons. The monoisotopic (exact) mass is 325 g/mol. The minimum atomic E-state index is -0.121. The fourth-order valence-electron chi connectivity index (χ4n) is 2.73. The van der Waals surface area contributed by atoms with E-state index in [1.807, 2.05) is 6.07 Å². The number of aryl methyl sites for hydroxylation is 4. The zero-order valence-electron chi connectivity index (χ0n) is 13.8. The lowest BCUT2D eigenvalue weighted by Crippen LogP contribution is -2.16. The summed E-state index contributed by atoms with van der Waals surface area (Å²) in [7, 11) is 0. The highest BCUT2D eigenvalue weighted by Gasteiger charge is 2.08. The van der Waals surface area contributed by atoms with Crippen LogP contribution >= 0.6 is 11.3 Å². The van der Waals surface area contributed by atoms with Crippen LogP contribution in [-0.4, -0.2) is 15.9 Å². The summed E-state index contributed by atoms with van der Waals surface area (Å²) >= 11 is 1.56. The number of rotatable bonds is 3. The standard InChI is InChI=1S/C18H19N3OS/c1-5-14-8-15-17(23-14)19-10-21(18(15)22)20-9-16-12(3)6-11(2)7-13(16)4/h6-10H,5H2,1-4H3/b20-9-. The van der Waals surface area contributed by atoms with Crippen molar-refractivity contribution in [3.63, 3.8) is 0 Å². The predicted octanol–water partition coefficient (Wildman–Crippen LogP) is 3.83. The van der Waals surface area contributed by atoms with Crippen LogP contribution in [0, 0.1) is 20.8 Å². The predicted molar refractivity (Wildman–Crippen MR) is 96.9 cm³/mol. The van der Waals surface area contributed by atoms with Gasteiger partial charge in [0.25, 0.3) is 5.56 Å². The molecule has 4 nitrogen and oxygen atoms in total. The number of benzene rings is 1. The summed E-state index contributed by atoms with van der Waals surface area (Å²) in [6, 6.07) is 6.15. The Balaban J connectivity index is 2.05. The molecular weight excluding hydrogens is 306 g/mol. The molecule has 23 heavy (non-hydrogen) atoms. The van der Waals surface area contributed by atoms with Crippen molar-refractivity contribution in [2.75, 3.05) is 0 Å². The molecule has 0 aliphatic carbocycles. The zero-order valence-corrected chi connectivity index (χ0v) is 14.6. The van der Waals surface area contributed by atoms with E-state index in [-0.39, 0.29) is 5.56 Å². The molecule has 0 aliphatic rings. The molecule has 3 aromatic rings. The highest BCUT2D eigenvalue weighted by molar-refractivity contribution is 7.18. The second kappa shape index (κ2) is 6.08. The average molecular weight is 325 g/mol. The largest absolute Gasteiger partial charge is 0.282 e. The molecule has 0 radical (unpaired) electrons. The van der Waals surface area contributed by atoms with E-state index in [1.54, 1.807) is 17.6 Å². The van der Waals surface area contributed by atoms with Crippen molar-refractivity contribution in [3.05, 3.63) is 62.0 Å². The van der Waals surface area contributed by atoms with Gasteiger partial charge in [0.1, 0.15) is 11.2 Å². The Morgan fingerprint density at radius 1 is 1.22 bits per heavy atom. The van der Waals surface area contributed by atoms with E-state index in [9.17, 15) is 4.79 Å². The van der Waals surface area contributed by atoms with Crippen molar-refractivity contribution >= 4 is 27.8 Å². The molecule has 0 aliphatic heterocycles. The summed E-state index contributed by atoms with van der Waals surface area (Å²) in [6.07, 6.45) is 4.15. The van der Waals surface area contributed by atoms with Crippen molar-refractivity contribution in [3.8, 4) is 0 Å². The van der Waals surface area contributed by atoms with E-state index in [0.29, 0.717) is 5.39 Å². The smallest absolute Gasteiger partial charge is 0.267 e. The molecule has 2 heterocycles. The molecule has 0 spiro atoms. The van der Waals surface area contributed by atoms with Crippen LogP contribution in [0.2, 0.25) is 0 Å². The van der Waals surface area contributed by atoms with Crippen LogP contribution in [0.3, 0.4) is 0 Å². The molecular formula is C18H19N3OS. The second-order valence-corrected chi connectivity index (χ2v) is 6.85. The van der Waals surface area contributed by atoms with Gasteiger partial charge in [-0.15, -0.1) is 11.3 Å². The van der Waals surface area contributed by atoms with E-state index < -0.39 is 0 Å². The number of hydrogen-bond donors (Lipinski definition) is 0. The lowest BCUT2D eigenvalue weighted by molar-refractivity contribution is 0.818. The van der Waals surface area contributed by atoms with Gasteiger partial charge in [0, 0.05) is 10.4 Å². The maximum atomic E-state index is 12.5. The Kier molecular flexibility index (Phi) is 4.13. The average Bonchev–Trinajstić information content (AvgIpc) is 2.92. The van der Waals surface area contributed by atoms with Crippen LogP contribution in [0.25, 0.3) is 10.2 Å². The summed E-state index contributed by atoms with van der Waals surface area (Å²) in [5.41, 5.74) is 4.45. The summed E-state index contributed by atoms with van der Waals surface area (Å²) in [4.78, 5) is 18.8. The van der Waals surface area contributed by atoms with Gasteiger partial charge < -0.3 is 0 Å². The van der Waals surface area contributed by atoms with Crippen LogP contribution in [-0.2, 0) is 6.42 Å². The zero-order chi connectivity index (χ0) is 16.6. The van der Waals surface area contributed by atoms with Crippen LogP contribution in [0.1, 0.15) is 34.1 Å². The molecule has 0 saturated heterocycles. The molecule has 3 rings (SSSR count). The Bertz CT molecular complexity index is 943. The van der Waals surface area contributed by atoms with Crippen LogP contribution in [0.5, 0.6) is 0 Å². The van der Waals surface area contributed by atoms with Crippen LogP contribution in [0.4, 0.5) is 0 Å². The Hall–Kier alpha value is -2.27. The summed E-state index contributed by atoms with van der Waals surface area (Å²) in [5.74, 6) is 0. The van der Waals surface area contributed by atoms with Gasteiger partial charge in [0.2, 0.25) is 0 Å². The lowest BCUT2D eigenvalue weighted by atomic mass is 10.0. The second-order valence-electron chi connectivity index (χ2n) is 5.74. The number of thiophene rings is 1. The van der Waals surface area contributed by atoms with Gasteiger partial charge >= 0.3 is 0 Å². The lowest BCUT2D eigenvalue weighted by Gasteiger charge is -2.06. The fraction of sp³-hybridized carbons (Fsp3) is 0.278. The van der Waals surface area contributed by atoms with Crippen molar-refractivity contribution in [2.45, 2.75) is 34.1 Å². The van der Waals surface area contributed by atoms with Gasteiger partial charge in [-0.25, -0.2) is 4.98 Å². The Labute approximate surface area is 139 Å². The first-order chi connectivity index (χ1) is 11.0. The topological polar surface area (TPSA) is 47.2 Å². The molecule has 5 heteroatoms. The first kappa shape index (κ1) is 15.6. The fourth-order valence-corrected chi connectivity index (χ4v) is 3.66. The summed E-state index contributed by atoms with van der Waals surface area (Å²) < 4.78 is 1.31.